The molecule has 1 aromatic heterocycles. The lowest BCUT2D eigenvalue weighted by atomic mass is 9.81. The third-order valence-electron chi connectivity index (χ3n) is 6.05. The second-order valence-electron chi connectivity index (χ2n) is 7.58. The van der Waals surface area contributed by atoms with E-state index in [-0.39, 0.29) is 0 Å². The SMILES string of the molecule is c1ccc(C2CCC(N3CCN(Cc4ccncc4)CC3)CC2)cc1. The highest BCUT2D eigenvalue weighted by atomic mass is 15.3. The highest BCUT2D eigenvalue weighted by Crippen LogP contribution is 2.34. The molecule has 0 bridgehead atoms. The zero-order chi connectivity index (χ0) is 16.9. The molecule has 2 heterocycles. The van der Waals surface area contributed by atoms with Gasteiger partial charge in [0.25, 0.3) is 0 Å². The Kier molecular flexibility index (Phi) is 5.43. The van der Waals surface area contributed by atoms with E-state index in [0.29, 0.717) is 0 Å². The van der Waals surface area contributed by atoms with Crippen LogP contribution < -0.4 is 0 Å². The lowest BCUT2D eigenvalue weighted by Crippen LogP contribution is -2.50. The molecule has 0 unspecified atom stereocenters. The van der Waals surface area contributed by atoms with E-state index in [9.17, 15) is 0 Å². The summed E-state index contributed by atoms with van der Waals surface area (Å²) in [7, 11) is 0. The molecule has 1 saturated carbocycles. The number of benzene rings is 1. The summed E-state index contributed by atoms with van der Waals surface area (Å²) >= 11 is 0. The maximum Gasteiger partial charge on any atom is 0.0271 e. The Labute approximate surface area is 151 Å². The number of piperazine rings is 1. The molecular formula is C22H29N3. The van der Waals surface area contributed by atoms with Crippen molar-refractivity contribution in [2.75, 3.05) is 26.2 Å². The summed E-state index contributed by atoms with van der Waals surface area (Å²) in [6, 6.07) is 16.2. The molecule has 0 spiro atoms. The van der Waals surface area contributed by atoms with Crippen molar-refractivity contribution in [2.45, 2.75) is 44.2 Å². The van der Waals surface area contributed by atoms with Crippen molar-refractivity contribution in [2.24, 2.45) is 0 Å². The van der Waals surface area contributed by atoms with Gasteiger partial charge in [-0.3, -0.25) is 14.8 Å². The van der Waals surface area contributed by atoms with Crippen molar-refractivity contribution in [3.05, 3.63) is 66.0 Å². The van der Waals surface area contributed by atoms with Gasteiger partial charge in [-0.1, -0.05) is 30.3 Å². The van der Waals surface area contributed by atoms with Crippen LogP contribution in [0.5, 0.6) is 0 Å². The molecule has 132 valence electrons. The number of pyridine rings is 1. The van der Waals surface area contributed by atoms with Gasteiger partial charge in [0.15, 0.2) is 0 Å². The third-order valence-corrected chi connectivity index (χ3v) is 6.05. The number of aromatic nitrogens is 1. The quantitative estimate of drug-likeness (QED) is 0.844. The van der Waals surface area contributed by atoms with E-state index in [4.69, 9.17) is 0 Å². The monoisotopic (exact) mass is 335 g/mol. The van der Waals surface area contributed by atoms with Crippen LogP contribution in [0.15, 0.2) is 54.9 Å². The first-order valence-corrected chi connectivity index (χ1v) is 9.79. The standard InChI is InChI=1S/C22H29N3/c1-2-4-20(5-3-1)21-6-8-22(9-7-21)25-16-14-24(15-17-25)18-19-10-12-23-13-11-19/h1-5,10-13,21-22H,6-9,14-18H2. The first-order valence-electron chi connectivity index (χ1n) is 9.79. The molecule has 25 heavy (non-hydrogen) atoms. The summed E-state index contributed by atoms with van der Waals surface area (Å²) < 4.78 is 0. The molecule has 3 heteroatoms. The number of hydrogen-bond donors (Lipinski definition) is 0. The summed E-state index contributed by atoms with van der Waals surface area (Å²) in [5.41, 5.74) is 2.93. The third kappa shape index (κ3) is 4.28. The zero-order valence-corrected chi connectivity index (χ0v) is 15.1. The lowest BCUT2D eigenvalue weighted by molar-refractivity contribution is 0.0727. The Hall–Kier alpha value is -1.71. The molecule has 2 aromatic rings. The summed E-state index contributed by atoms with van der Waals surface area (Å²) in [4.78, 5) is 9.45. The van der Waals surface area contributed by atoms with E-state index < -0.39 is 0 Å². The van der Waals surface area contributed by atoms with Crippen molar-refractivity contribution < 1.29 is 0 Å². The minimum absolute atomic E-state index is 0.783. The van der Waals surface area contributed by atoms with Crippen LogP contribution in [-0.2, 0) is 6.54 Å². The van der Waals surface area contributed by atoms with Gasteiger partial charge >= 0.3 is 0 Å². The van der Waals surface area contributed by atoms with E-state index in [0.717, 1.165) is 18.5 Å². The molecule has 0 amide bonds. The second-order valence-corrected chi connectivity index (χ2v) is 7.58. The topological polar surface area (TPSA) is 19.4 Å². The van der Waals surface area contributed by atoms with Crippen molar-refractivity contribution in [3.63, 3.8) is 0 Å². The fourth-order valence-electron chi connectivity index (χ4n) is 4.53. The fourth-order valence-corrected chi connectivity index (χ4v) is 4.53. The van der Waals surface area contributed by atoms with Gasteiger partial charge in [-0.25, -0.2) is 0 Å². The predicted octanol–water partition coefficient (Wildman–Crippen LogP) is 3.93. The summed E-state index contributed by atoms with van der Waals surface area (Å²) in [6.07, 6.45) is 9.24. The van der Waals surface area contributed by atoms with Gasteiger partial charge in [0, 0.05) is 51.2 Å². The highest BCUT2D eigenvalue weighted by molar-refractivity contribution is 5.20. The van der Waals surface area contributed by atoms with E-state index in [2.05, 4.69) is 57.2 Å². The molecule has 4 rings (SSSR count). The Bertz CT molecular complexity index is 627. The minimum atomic E-state index is 0.783. The lowest BCUT2D eigenvalue weighted by Gasteiger charge is -2.42. The highest BCUT2D eigenvalue weighted by Gasteiger charge is 2.28. The average Bonchev–Trinajstić information content (AvgIpc) is 2.70. The molecule has 3 nitrogen and oxygen atoms in total. The Morgan fingerprint density at radius 2 is 1.48 bits per heavy atom. The van der Waals surface area contributed by atoms with Crippen LogP contribution in [-0.4, -0.2) is 47.0 Å². The molecule has 0 atom stereocenters. The number of rotatable bonds is 4. The van der Waals surface area contributed by atoms with Crippen LogP contribution in [0.2, 0.25) is 0 Å². The smallest absolute Gasteiger partial charge is 0.0271 e. The molecule has 2 aliphatic rings. The molecule has 1 aliphatic carbocycles. The van der Waals surface area contributed by atoms with E-state index in [1.807, 2.05) is 12.4 Å². The first kappa shape index (κ1) is 16.7. The molecule has 0 radical (unpaired) electrons. The minimum Gasteiger partial charge on any atom is -0.298 e. The van der Waals surface area contributed by atoms with E-state index in [1.54, 1.807) is 5.56 Å². The molecule has 1 aromatic carbocycles. The van der Waals surface area contributed by atoms with Gasteiger partial charge < -0.3 is 0 Å². The van der Waals surface area contributed by atoms with Crippen LogP contribution in [0.4, 0.5) is 0 Å². The van der Waals surface area contributed by atoms with Crippen molar-refractivity contribution in [1.29, 1.82) is 0 Å². The van der Waals surface area contributed by atoms with E-state index in [1.165, 1.54) is 57.4 Å². The van der Waals surface area contributed by atoms with Gasteiger partial charge in [-0.05, 0) is 54.9 Å². The predicted molar refractivity (Wildman–Crippen MR) is 103 cm³/mol. The van der Waals surface area contributed by atoms with Crippen molar-refractivity contribution in [3.8, 4) is 0 Å². The fraction of sp³-hybridized carbons (Fsp3) is 0.500. The molecular weight excluding hydrogens is 306 g/mol. The van der Waals surface area contributed by atoms with Gasteiger partial charge in [0.1, 0.15) is 0 Å². The second kappa shape index (κ2) is 8.11. The molecule has 1 saturated heterocycles. The van der Waals surface area contributed by atoms with E-state index >= 15 is 0 Å². The summed E-state index contributed by atoms with van der Waals surface area (Å²) in [5, 5.41) is 0. The van der Waals surface area contributed by atoms with Crippen molar-refractivity contribution in [1.82, 2.24) is 14.8 Å². The zero-order valence-electron chi connectivity index (χ0n) is 15.1. The Morgan fingerprint density at radius 1 is 0.800 bits per heavy atom. The van der Waals surface area contributed by atoms with Crippen molar-refractivity contribution >= 4 is 0 Å². The maximum atomic E-state index is 4.11. The maximum absolute atomic E-state index is 4.11. The van der Waals surface area contributed by atoms with Gasteiger partial charge in [0.05, 0.1) is 0 Å². The summed E-state index contributed by atoms with van der Waals surface area (Å²) in [6.45, 7) is 5.91. The number of nitrogens with zero attached hydrogens (tertiary/aromatic N) is 3. The van der Waals surface area contributed by atoms with Crippen LogP contribution in [0.1, 0.15) is 42.7 Å². The first-order chi connectivity index (χ1) is 12.4. The number of hydrogen-bond acceptors (Lipinski definition) is 3. The molecule has 2 fully saturated rings. The largest absolute Gasteiger partial charge is 0.298 e. The Balaban J connectivity index is 1.24. The Morgan fingerprint density at radius 3 is 2.16 bits per heavy atom. The van der Waals surface area contributed by atoms with Crippen LogP contribution in [0.25, 0.3) is 0 Å². The average molecular weight is 335 g/mol. The normalized spacial score (nSPS) is 25.8. The summed E-state index contributed by atoms with van der Waals surface area (Å²) in [5.74, 6) is 0.783. The van der Waals surface area contributed by atoms with Gasteiger partial charge in [-0.2, -0.15) is 0 Å². The molecule has 0 N–H and O–H groups in total. The van der Waals surface area contributed by atoms with Crippen LogP contribution in [0.3, 0.4) is 0 Å². The molecule has 1 aliphatic heterocycles. The van der Waals surface area contributed by atoms with Crippen LogP contribution in [0, 0.1) is 0 Å². The van der Waals surface area contributed by atoms with Crippen LogP contribution >= 0.6 is 0 Å². The van der Waals surface area contributed by atoms with Gasteiger partial charge in [-0.15, -0.1) is 0 Å². The van der Waals surface area contributed by atoms with Gasteiger partial charge in [0.2, 0.25) is 0 Å².